The Labute approximate surface area is 177 Å². The number of rotatable bonds is 7. The molecule has 0 aromatic heterocycles. The number of benzene rings is 1. The molecule has 1 saturated carbocycles. The number of hydrogen-bond donors (Lipinski definition) is 1. The molecule has 2 fully saturated rings. The maximum Gasteiger partial charge on any atom is 0.325 e. The number of urea groups is 1. The number of nitrogens with one attached hydrogen (secondary N) is 1. The number of halogens is 1. The Hall–Kier alpha value is -2.44. The third kappa shape index (κ3) is 4.35. The molecule has 1 unspecified atom stereocenters. The average Bonchev–Trinajstić information content (AvgIpc) is 2.97. The molecule has 30 heavy (non-hydrogen) atoms. The van der Waals surface area contributed by atoms with Crippen molar-refractivity contribution in [1.82, 2.24) is 15.1 Å². The summed E-state index contributed by atoms with van der Waals surface area (Å²) in [6, 6.07) is 5.21. The molecule has 164 valence electrons. The number of likely N-dealkylation sites (N-methyl/N-ethyl adjacent to an activating group) is 1. The van der Waals surface area contributed by atoms with Gasteiger partial charge in [0, 0.05) is 13.1 Å². The van der Waals surface area contributed by atoms with Crippen LogP contribution >= 0.6 is 0 Å². The zero-order valence-electron chi connectivity index (χ0n) is 18.1. The van der Waals surface area contributed by atoms with Crippen LogP contribution in [0.15, 0.2) is 24.3 Å². The van der Waals surface area contributed by atoms with Gasteiger partial charge in [-0.25, -0.2) is 9.18 Å². The molecule has 1 aliphatic carbocycles. The summed E-state index contributed by atoms with van der Waals surface area (Å²) in [5, 5.41) is 2.81. The van der Waals surface area contributed by atoms with Gasteiger partial charge in [-0.2, -0.15) is 0 Å². The number of carbonyl (C=O) groups is 3. The molecule has 1 atom stereocenters. The van der Waals surface area contributed by atoms with Crippen LogP contribution in [0, 0.1) is 11.7 Å². The molecule has 3 rings (SSSR count). The van der Waals surface area contributed by atoms with Crippen LogP contribution in [0.5, 0.6) is 0 Å². The van der Waals surface area contributed by atoms with E-state index in [1.165, 1.54) is 24.3 Å². The van der Waals surface area contributed by atoms with Gasteiger partial charge in [0.1, 0.15) is 17.9 Å². The summed E-state index contributed by atoms with van der Waals surface area (Å²) in [6.07, 6.45) is 6.01. The first-order chi connectivity index (χ1) is 14.3. The van der Waals surface area contributed by atoms with Gasteiger partial charge in [-0.1, -0.05) is 38.8 Å². The first-order valence-corrected chi connectivity index (χ1v) is 10.9. The second-order valence-corrected chi connectivity index (χ2v) is 8.76. The van der Waals surface area contributed by atoms with E-state index in [1.807, 2.05) is 6.92 Å². The van der Waals surface area contributed by atoms with Crippen LogP contribution in [0.2, 0.25) is 0 Å². The van der Waals surface area contributed by atoms with E-state index in [1.54, 1.807) is 11.9 Å². The van der Waals surface area contributed by atoms with Crippen molar-refractivity contribution < 1.29 is 18.8 Å². The zero-order valence-corrected chi connectivity index (χ0v) is 18.1. The Balaban J connectivity index is 1.77. The Morgan fingerprint density at radius 2 is 1.83 bits per heavy atom. The molecule has 2 aliphatic rings. The molecule has 1 aromatic carbocycles. The van der Waals surface area contributed by atoms with Gasteiger partial charge in [-0.15, -0.1) is 0 Å². The fourth-order valence-electron chi connectivity index (χ4n) is 4.54. The molecule has 1 heterocycles. The predicted octanol–water partition coefficient (Wildman–Crippen LogP) is 3.80. The molecular weight excluding hydrogens is 385 g/mol. The molecule has 1 aliphatic heterocycles. The van der Waals surface area contributed by atoms with Crippen molar-refractivity contribution in [3.63, 3.8) is 0 Å². The summed E-state index contributed by atoms with van der Waals surface area (Å²) in [5.41, 5.74) is -0.708. The summed E-state index contributed by atoms with van der Waals surface area (Å²) >= 11 is 0. The highest BCUT2D eigenvalue weighted by Crippen LogP contribution is 2.34. The van der Waals surface area contributed by atoms with Crippen molar-refractivity contribution in [1.29, 1.82) is 0 Å². The van der Waals surface area contributed by atoms with Crippen molar-refractivity contribution in [2.75, 3.05) is 13.6 Å². The molecule has 1 saturated heterocycles. The van der Waals surface area contributed by atoms with Crippen molar-refractivity contribution >= 4 is 17.8 Å². The van der Waals surface area contributed by atoms with Crippen LogP contribution in [-0.2, 0) is 15.1 Å². The molecule has 0 radical (unpaired) electrons. The van der Waals surface area contributed by atoms with Crippen LogP contribution in [0.3, 0.4) is 0 Å². The van der Waals surface area contributed by atoms with Gasteiger partial charge >= 0.3 is 6.03 Å². The third-order valence-corrected chi connectivity index (χ3v) is 6.64. The monoisotopic (exact) mass is 417 g/mol. The molecule has 0 bridgehead atoms. The van der Waals surface area contributed by atoms with Crippen LogP contribution in [0.25, 0.3) is 0 Å². The van der Waals surface area contributed by atoms with Crippen LogP contribution in [0.4, 0.5) is 9.18 Å². The summed E-state index contributed by atoms with van der Waals surface area (Å²) < 4.78 is 13.4. The van der Waals surface area contributed by atoms with Crippen molar-refractivity contribution in [2.24, 2.45) is 5.92 Å². The van der Waals surface area contributed by atoms with E-state index in [9.17, 15) is 18.8 Å². The normalized spacial score (nSPS) is 26.6. The number of amides is 4. The minimum absolute atomic E-state index is 0.149. The molecule has 1 aromatic rings. The highest BCUT2D eigenvalue weighted by Gasteiger charge is 2.52. The van der Waals surface area contributed by atoms with Gasteiger partial charge in [0.2, 0.25) is 5.91 Å². The van der Waals surface area contributed by atoms with E-state index >= 15 is 0 Å². The quantitative estimate of drug-likeness (QED) is 0.686. The van der Waals surface area contributed by atoms with E-state index in [-0.39, 0.29) is 18.5 Å². The highest BCUT2D eigenvalue weighted by molar-refractivity contribution is 6.09. The number of unbranched alkanes of at least 4 members (excludes halogenated alkanes) is 1. The predicted molar refractivity (Wildman–Crippen MR) is 112 cm³/mol. The zero-order chi connectivity index (χ0) is 21.9. The molecule has 0 spiro atoms. The Morgan fingerprint density at radius 3 is 2.43 bits per heavy atom. The lowest BCUT2D eigenvalue weighted by Gasteiger charge is -2.34. The maximum atomic E-state index is 13.4. The minimum atomic E-state index is -1.25. The number of imide groups is 1. The van der Waals surface area contributed by atoms with Gasteiger partial charge in [0.25, 0.3) is 5.91 Å². The Kier molecular flexibility index (Phi) is 6.78. The SMILES string of the molecule is CCCCC1(c2ccc(F)cc2)NC(=O)N(CC(=O)N(C)C2CCC(C)CC2)C1=O. The van der Waals surface area contributed by atoms with Gasteiger partial charge in [-0.3, -0.25) is 14.5 Å². The summed E-state index contributed by atoms with van der Waals surface area (Å²) in [5.74, 6) is -0.405. The first-order valence-electron chi connectivity index (χ1n) is 10.9. The van der Waals surface area contributed by atoms with Crippen molar-refractivity contribution in [2.45, 2.75) is 70.4 Å². The largest absolute Gasteiger partial charge is 0.341 e. The van der Waals surface area contributed by atoms with Crippen molar-refractivity contribution in [3.8, 4) is 0 Å². The first kappa shape index (κ1) is 22.2. The van der Waals surface area contributed by atoms with Gasteiger partial charge in [0.15, 0.2) is 0 Å². The third-order valence-electron chi connectivity index (χ3n) is 6.64. The number of hydrogen-bond acceptors (Lipinski definition) is 3. The lowest BCUT2D eigenvalue weighted by atomic mass is 9.84. The van der Waals surface area contributed by atoms with E-state index in [4.69, 9.17) is 0 Å². The van der Waals surface area contributed by atoms with E-state index in [0.717, 1.165) is 37.0 Å². The maximum absolute atomic E-state index is 13.4. The van der Waals surface area contributed by atoms with Crippen LogP contribution < -0.4 is 5.32 Å². The lowest BCUT2D eigenvalue weighted by Crippen LogP contribution is -2.47. The van der Waals surface area contributed by atoms with Crippen molar-refractivity contribution in [3.05, 3.63) is 35.6 Å². The smallest absolute Gasteiger partial charge is 0.325 e. The van der Waals surface area contributed by atoms with Crippen LogP contribution in [-0.4, -0.2) is 47.3 Å². The average molecular weight is 418 g/mol. The lowest BCUT2D eigenvalue weighted by molar-refractivity contribution is -0.140. The van der Waals surface area contributed by atoms with Gasteiger partial charge in [-0.05, 0) is 55.7 Å². The second kappa shape index (κ2) is 9.14. The summed E-state index contributed by atoms with van der Waals surface area (Å²) in [7, 11) is 1.76. The van der Waals surface area contributed by atoms with Crippen LogP contribution in [0.1, 0.15) is 64.4 Å². The summed E-state index contributed by atoms with van der Waals surface area (Å²) in [6.45, 7) is 3.94. The van der Waals surface area contributed by atoms with E-state index in [0.29, 0.717) is 24.3 Å². The Bertz CT molecular complexity index is 789. The van der Waals surface area contributed by atoms with E-state index < -0.39 is 23.3 Å². The molecule has 4 amide bonds. The minimum Gasteiger partial charge on any atom is -0.341 e. The molecule has 7 heteroatoms. The molecule has 1 N–H and O–H groups in total. The van der Waals surface area contributed by atoms with Gasteiger partial charge in [0.05, 0.1) is 0 Å². The highest BCUT2D eigenvalue weighted by atomic mass is 19.1. The number of carbonyl (C=O) groups excluding carboxylic acids is 3. The topological polar surface area (TPSA) is 69.7 Å². The summed E-state index contributed by atoms with van der Waals surface area (Å²) in [4.78, 5) is 41.7. The molecular formula is C23H32FN3O3. The standard InChI is InChI=1S/C23H32FN3O3/c1-4-5-14-23(17-8-10-18(24)11-9-17)21(29)27(22(30)25-23)15-20(28)26(3)19-12-6-16(2)7-13-19/h8-11,16,19H,4-7,12-15H2,1-3H3,(H,25,30). The van der Waals surface area contributed by atoms with Gasteiger partial charge < -0.3 is 10.2 Å². The second-order valence-electron chi connectivity index (χ2n) is 8.76. The fraction of sp³-hybridized carbons (Fsp3) is 0.609. The fourth-order valence-corrected chi connectivity index (χ4v) is 4.54. The van der Waals surface area contributed by atoms with E-state index in [2.05, 4.69) is 12.2 Å². The number of nitrogens with zero attached hydrogens (tertiary/aromatic N) is 2. The molecule has 6 nitrogen and oxygen atoms in total. The Morgan fingerprint density at radius 1 is 1.20 bits per heavy atom.